The molecule has 1 aromatic heterocycles. The van der Waals surface area contributed by atoms with Gasteiger partial charge in [-0.2, -0.15) is 0 Å². The fraction of sp³-hybridized carbons (Fsp3) is 0.400. The van der Waals surface area contributed by atoms with Crippen LogP contribution in [0.25, 0.3) is 11.0 Å². The Labute approximate surface area is 183 Å². The molecule has 1 fully saturated rings. The Morgan fingerprint density at radius 3 is 2.61 bits per heavy atom. The minimum Gasteiger partial charge on any atom is -0.475 e. The Morgan fingerprint density at radius 2 is 1.84 bits per heavy atom. The Hall–Kier alpha value is -3.15. The summed E-state index contributed by atoms with van der Waals surface area (Å²) in [6.07, 6.45) is 3.58. The van der Waals surface area contributed by atoms with Gasteiger partial charge in [-0.05, 0) is 49.4 Å². The van der Waals surface area contributed by atoms with Crippen molar-refractivity contribution in [3.05, 3.63) is 54.1 Å². The zero-order valence-electron chi connectivity index (χ0n) is 18.3. The molecule has 2 heterocycles. The van der Waals surface area contributed by atoms with Crippen LogP contribution in [0.15, 0.2) is 48.5 Å². The van der Waals surface area contributed by atoms with E-state index in [2.05, 4.69) is 30.1 Å². The molecule has 0 bridgehead atoms. The summed E-state index contributed by atoms with van der Waals surface area (Å²) in [6.45, 7) is 6.21. The fourth-order valence-electron chi connectivity index (χ4n) is 4.04. The van der Waals surface area contributed by atoms with Crippen molar-refractivity contribution in [2.75, 3.05) is 29.9 Å². The second-order valence-electron chi connectivity index (χ2n) is 7.97. The first-order valence-corrected chi connectivity index (χ1v) is 11.2. The number of carbonyl (C=O) groups excluding carboxylic acids is 1. The SMILES string of the molecule is CCCOc1nc2ccccc2nc1N1CCCC(C(=O)Nc2ccccc2CC)C1. The van der Waals surface area contributed by atoms with Gasteiger partial charge in [0.05, 0.1) is 23.6 Å². The minimum atomic E-state index is -0.106. The van der Waals surface area contributed by atoms with Crippen LogP contribution in [-0.2, 0) is 11.2 Å². The van der Waals surface area contributed by atoms with Crippen LogP contribution in [0.5, 0.6) is 5.88 Å². The van der Waals surface area contributed by atoms with Gasteiger partial charge >= 0.3 is 0 Å². The molecule has 1 amide bonds. The molecule has 162 valence electrons. The fourth-order valence-corrected chi connectivity index (χ4v) is 4.04. The number of fused-ring (bicyclic) bond motifs is 1. The number of hydrogen-bond acceptors (Lipinski definition) is 5. The summed E-state index contributed by atoms with van der Waals surface area (Å²) in [6, 6.07) is 15.8. The number of benzene rings is 2. The van der Waals surface area contributed by atoms with Gasteiger partial charge in [0, 0.05) is 18.8 Å². The third-order valence-corrected chi connectivity index (χ3v) is 5.71. The highest BCUT2D eigenvalue weighted by Gasteiger charge is 2.29. The number of nitrogens with one attached hydrogen (secondary N) is 1. The Balaban J connectivity index is 1.56. The van der Waals surface area contributed by atoms with E-state index in [0.29, 0.717) is 19.0 Å². The number of piperidine rings is 1. The van der Waals surface area contributed by atoms with Crippen molar-refractivity contribution in [1.82, 2.24) is 9.97 Å². The van der Waals surface area contributed by atoms with E-state index < -0.39 is 0 Å². The predicted octanol–water partition coefficient (Wildman–Crippen LogP) is 4.84. The van der Waals surface area contributed by atoms with Gasteiger partial charge < -0.3 is 15.0 Å². The summed E-state index contributed by atoms with van der Waals surface area (Å²) < 4.78 is 5.95. The van der Waals surface area contributed by atoms with Crippen molar-refractivity contribution >= 4 is 28.4 Å². The highest BCUT2D eigenvalue weighted by molar-refractivity contribution is 5.93. The summed E-state index contributed by atoms with van der Waals surface area (Å²) in [7, 11) is 0. The Kier molecular flexibility index (Phi) is 6.65. The average Bonchev–Trinajstić information content (AvgIpc) is 2.82. The number of aryl methyl sites for hydroxylation is 1. The van der Waals surface area contributed by atoms with Crippen molar-refractivity contribution in [3.8, 4) is 5.88 Å². The second-order valence-corrected chi connectivity index (χ2v) is 7.97. The minimum absolute atomic E-state index is 0.0652. The van der Waals surface area contributed by atoms with E-state index in [9.17, 15) is 4.79 Å². The maximum Gasteiger partial charge on any atom is 0.258 e. The zero-order chi connectivity index (χ0) is 21.6. The molecule has 2 aromatic carbocycles. The Bertz CT molecular complexity index is 1050. The third kappa shape index (κ3) is 4.79. The summed E-state index contributed by atoms with van der Waals surface area (Å²) in [4.78, 5) is 24.8. The van der Waals surface area contributed by atoms with Crippen molar-refractivity contribution in [2.24, 2.45) is 5.92 Å². The lowest BCUT2D eigenvalue weighted by atomic mass is 9.96. The van der Waals surface area contributed by atoms with E-state index in [0.717, 1.165) is 60.3 Å². The summed E-state index contributed by atoms with van der Waals surface area (Å²) in [5.41, 5.74) is 3.72. The molecule has 0 saturated carbocycles. The first kappa shape index (κ1) is 21.1. The lowest BCUT2D eigenvalue weighted by molar-refractivity contribution is -0.120. The van der Waals surface area contributed by atoms with Gasteiger partial charge in [-0.15, -0.1) is 0 Å². The van der Waals surface area contributed by atoms with Gasteiger partial charge in [0.15, 0.2) is 5.82 Å². The molecule has 1 N–H and O–H groups in total. The number of nitrogens with zero attached hydrogens (tertiary/aromatic N) is 3. The quantitative estimate of drug-likeness (QED) is 0.595. The standard InChI is InChI=1S/C25H30N4O2/c1-3-16-31-25-23(26-21-13-7-8-14-22(21)28-25)29-15-9-11-19(17-29)24(30)27-20-12-6-5-10-18(20)4-2/h5-8,10,12-14,19H,3-4,9,11,15-17H2,1-2H3,(H,27,30). The molecule has 0 aliphatic carbocycles. The molecule has 0 radical (unpaired) electrons. The molecule has 1 atom stereocenters. The van der Waals surface area contributed by atoms with Gasteiger partial charge in [0.2, 0.25) is 5.91 Å². The van der Waals surface area contributed by atoms with Gasteiger partial charge in [0.25, 0.3) is 5.88 Å². The van der Waals surface area contributed by atoms with Crippen LogP contribution in [0.1, 0.15) is 38.7 Å². The maximum atomic E-state index is 13.1. The highest BCUT2D eigenvalue weighted by atomic mass is 16.5. The number of amides is 1. The van der Waals surface area contributed by atoms with Crippen LogP contribution >= 0.6 is 0 Å². The number of para-hydroxylation sites is 3. The molecular formula is C25H30N4O2. The molecule has 1 saturated heterocycles. The third-order valence-electron chi connectivity index (χ3n) is 5.71. The first-order valence-electron chi connectivity index (χ1n) is 11.2. The van der Waals surface area contributed by atoms with E-state index in [1.807, 2.05) is 42.5 Å². The molecule has 1 unspecified atom stereocenters. The number of ether oxygens (including phenoxy) is 1. The van der Waals surface area contributed by atoms with Crippen LogP contribution in [0.2, 0.25) is 0 Å². The lowest BCUT2D eigenvalue weighted by Gasteiger charge is -2.33. The molecule has 4 rings (SSSR count). The molecule has 31 heavy (non-hydrogen) atoms. The van der Waals surface area contributed by atoms with E-state index in [4.69, 9.17) is 14.7 Å². The summed E-state index contributed by atoms with van der Waals surface area (Å²) >= 11 is 0. The number of hydrogen-bond donors (Lipinski definition) is 1. The van der Waals surface area contributed by atoms with Crippen LogP contribution in [0, 0.1) is 5.92 Å². The normalized spacial score (nSPS) is 16.3. The van der Waals surface area contributed by atoms with Crippen LogP contribution in [0.3, 0.4) is 0 Å². The van der Waals surface area contributed by atoms with Crippen LogP contribution < -0.4 is 15.0 Å². The number of anilines is 2. The molecule has 1 aliphatic rings. The van der Waals surface area contributed by atoms with Gasteiger partial charge in [0.1, 0.15) is 0 Å². The second kappa shape index (κ2) is 9.77. The van der Waals surface area contributed by atoms with Crippen LogP contribution in [-0.4, -0.2) is 35.6 Å². The Morgan fingerprint density at radius 1 is 1.10 bits per heavy atom. The molecule has 6 nitrogen and oxygen atoms in total. The highest BCUT2D eigenvalue weighted by Crippen LogP contribution is 2.31. The summed E-state index contributed by atoms with van der Waals surface area (Å²) in [5.74, 6) is 1.25. The number of aromatic nitrogens is 2. The molecule has 0 spiro atoms. The number of rotatable bonds is 7. The van der Waals surface area contributed by atoms with Crippen molar-refractivity contribution < 1.29 is 9.53 Å². The van der Waals surface area contributed by atoms with Gasteiger partial charge in [-0.1, -0.05) is 44.2 Å². The molecule has 3 aromatic rings. The van der Waals surface area contributed by atoms with Gasteiger partial charge in [-0.3, -0.25) is 4.79 Å². The molecule has 6 heteroatoms. The first-order chi connectivity index (χ1) is 15.2. The lowest BCUT2D eigenvalue weighted by Crippen LogP contribution is -2.41. The zero-order valence-corrected chi connectivity index (χ0v) is 18.3. The largest absolute Gasteiger partial charge is 0.475 e. The maximum absolute atomic E-state index is 13.1. The predicted molar refractivity (Wildman–Crippen MR) is 125 cm³/mol. The van der Waals surface area contributed by atoms with E-state index in [1.165, 1.54) is 0 Å². The van der Waals surface area contributed by atoms with E-state index in [-0.39, 0.29) is 11.8 Å². The molecule has 1 aliphatic heterocycles. The summed E-state index contributed by atoms with van der Waals surface area (Å²) in [5, 5.41) is 3.15. The average molecular weight is 419 g/mol. The van der Waals surface area contributed by atoms with Crippen molar-refractivity contribution in [2.45, 2.75) is 39.5 Å². The monoisotopic (exact) mass is 418 g/mol. The smallest absolute Gasteiger partial charge is 0.258 e. The van der Waals surface area contributed by atoms with Crippen molar-refractivity contribution in [1.29, 1.82) is 0 Å². The van der Waals surface area contributed by atoms with Crippen molar-refractivity contribution in [3.63, 3.8) is 0 Å². The number of carbonyl (C=O) groups is 1. The van der Waals surface area contributed by atoms with E-state index in [1.54, 1.807) is 0 Å². The van der Waals surface area contributed by atoms with Gasteiger partial charge in [-0.25, -0.2) is 9.97 Å². The van der Waals surface area contributed by atoms with Crippen LogP contribution in [0.4, 0.5) is 11.5 Å². The topological polar surface area (TPSA) is 67.4 Å². The molecular weight excluding hydrogens is 388 g/mol. The van der Waals surface area contributed by atoms with E-state index >= 15 is 0 Å².